The van der Waals surface area contributed by atoms with Gasteiger partial charge in [0.15, 0.2) is 0 Å². The normalized spacial score (nSPS) is 14.5. The summed E-state index contributed by atoms with van der Waals surface area (Å²) in [6, 6.07) is 5.91. The Bertz CT molecular complexity index is 1720. The summed E-state index contributed by atoms with van der Waals surface area (Å²) in [5.41, 5.74) is 2.58. The number of nitrogens with zero attached hydrogens (tertiary/aromatic N) is 4. The van der Waals surface area contributed by atoms with Gasteiger partial charge >= 0.3 is 0 Å². The second-order valence-corrected chi connectivity index (χ2v) is 20.1. The molecule has 1 fully saturated rings. The summed E-state index contributed by atoms with van der Waals surface area (Å²) in [6.45, 7) is 29.0. The lowest BCUT2D eigenvalue weighted by Gasteiger charge is -2.32. The Labute approximate surface area is 436 Å². The van der Waals surface area contributed by atoms with Gasteiger partial charge in [0.2, 0.25) is 17.7 Å². The number of ether oxygens (including phenoxy) is 9. The van der Waals surface area contributed by atoms with E-state index in [0.29, 0.717) is 143 Å². The van der Waals surface area contributed by atoms with Gasteiger partial charge in [-0.15, -0.1) is 5.10 Å². The summed E-state index contributed by atoms with van der Waals surface area (Å²) in [7, 11) is 0. The Morgan fingerprint density at radius 1 is 0.658 bits per heavy atom. The number of carbonyl (C=O) groups excluding carboxylic acids is 3. The quantitative estimate of drug-likeness (QED) is 0.0658. The first kappa shape index (κ1) is 63.6. The number of rotatable bonds is 43. The lowest BCUT2D eigenvalue weighted by atomic mass is 9.91. The van der Waals surface area contributed by atoms with Crippen molar-refractivity contribution in [2.75, 3.05) is 131 Å². The fourth-order valence-corrected chi connectivity index (χ4v) is 7.47. The molecule has 1 aromatic carbocycles. The molecule has 0 aliphatic carbocycles. The van der Waals surface area contributed by atoms with Crippen molar-refractivity contribution in [1.29, 1.82) is 0 Å². The lowest BCUT2D eigenvalue weighted by Crippen LogP contribution is -2.53. The van der Waals surface area contributed by atoms with E-state index in [1.807, 2.05) is 58.2 Å². The van der Waals surface area contributed by atoms with Crippen LogP contribution in [0.1, 0.15) is 105 Å². The average Bonchev–Trinajstić information content (AvgIpc) is 3.82. The summed E-state index contributed by atoms with van der Waals surface area (Å²) in [5, 5.41) is 20.3. The third kappa shape index (κ3) is 32.4. The Hall–Kier alpha value is -3.67. The zero-order valence-corrected chi connectivity index (χ0v) is 45.8. The van der Waals surface area contributed by atoms with Gasteiger partial charge in [-0.25, -0.2) is 4.68 Å². The lowest BCUT2D eigenvalue weighted by molar-refractivity contribution is -0.131. The third-order valence-corrected chi connectivity index (χ3v) is 11.8. The minimum Gasteiger partial charge on any atom is -0.379 e. The van der Waals surface area contributed by atoms with E-state index in [-0.39, 0.29) is 35.3 Å². The van der Waals surface area contributed by atoms with Gasteiger partial charge < -0.3 is 68.8 Å². The van der Waals surface area contributed by atoms with Crippen LogP contribution in [-0.4, -0.2) is 187 Å². The molecule has 418 valence electrons. The SMILES string of the molecule is CC(C)OCc1ccc(NC(=O)[C@H](C)NC(=O)[C@@H](NC(=O)CCCC2CCN(CCCOCCOCCOCCOCCOCCOCCOCCOCCn3cc(CNC(C)(C)C)nn3)CC2)C(C)C)cc1. The molecule has 2 atom stereocenters. The van der Waals surface area contributed by atoms with E-state index in [9.17, 15) is 14.4 Å². The zero-order chi connectivity index (χ0) is 52.9. The highest BCUT2D eigenvalue weighted by Gasteiger charge is 2.27. The maximum atomic E-state index is 13.2. The van der Waals surface area contributed by atoms with E-state index in [0.717, 1.165) is 63.0 Å². The summed E-state index contributed by atoms with van der Waals surface area (Å²) >= 11 is 0. The van der Waals surface area contributed by atoms with E-state index in [1.54, 1.807) is 11.6 Å². The largest absolute Gasteiger partial charge is 0.379 e. The molecule has 1 aliphatic heterocycles. The van der Waals surface area contributed by atoms with Crippen LogP contribution in [-0.2, 0) is 76.7 Å². The molecule has 3 rings (SSSR count). The number of likely N-dealkylation sites (tertiary alicyclic amines) is 1. The van der Waals surface area contributed by atoms with Crippen LogP contribution in [0.2, 0.25) is 0 Å². The van der Waals surface area contributed by atoms with Gasteiger partial charge in [-0.1, -0.05) is 31.2 Å². The van der Waals surface area contributed by atoms with Crippen LogP contribution in [0.4, 0.5) is 5.69 Å². The fourth-order valence-electron chi connectivity index (χ4n) is 7.47. The van der Waals surface area contributed by atoms with Crippen LogP contribution in [0.15, 0.2) is 30.5 Å². The Balaban J connectivity index is 1.02. The fraction of sp³-hybridized carbons (Fsp3) is 0.792. The molecule has 4 N–H and O–H groups in total. The second kappa shape index (κ2) is 38.8. The molecule has 2 heterocycles. The smallest absolute Gasteiger partial charge is 0.246 e. The average molecular weight is 1040 g/mol. The van der Waals surface area contributed by atoms with Gasteiger partial charge in [0.25, 0.3) is 0 Å². The van der Waals surface area contributed by atoms with Crippen LogP contribution in [0.3, 0.4) is 0 Å². The molecular weight excluding hydrogens is 941 g/mol. The van der Waals surface area contributed by atoms with Crippen LogP contribution in [0, 0.1) is 11.8 Å². The van der Waals surface area contributed by atoms with Crippen molar-refractivity contribution in [2.45, 2.75) is 137 Å². The van der Waals surface area contributed by atoms with Crippen molar-refractivity contribution in [2.24, 2.45) is 11.8 Å². The molecule has 20 heteroatoms. The number of amides is 3. The molecule has 0 unspecified atom stereocenters. The van der Waals surface area contributed by atoms with Gasteiger partial charge in [-0.05, 0) is 116 Å². The van der Waals surface area contributed by atoms with Crippen molar-refractivity contribution in [1.82, 2.24) is 35.8 Å². The van der Waals surface area contributed by atoms with Gasteiger partial charge in [-0.3, -0.25) is 14.4 Å². The summed E-state index contributed by atoms with van der Waals surface area (Å²) < 4.78 is 52.2. The summed E-state index contributed by atoms with van der Waals surface area (Å²) in [6.07, 6.45) is 7.40. The molecule has 20 nitrogen and oxygen atoms in total. The minimum absolute atomic E-state index is 0.0370. The highest BCUT2D eigenvalue weighted by atomic mass is 16.6. The number of carbonyl (C=O) groups is 3. The van der Waals surface area contributed by atoms with E-state index < -0.39 is 12.1 Å². The molecule has 1 aromatic heterocycles. The summed E-state index contributed by atoms with van der Waals surface area (Å²) in [4.78, 5) is 41.4. The van der Waals surface area contributed by atoms with Gasteiger partial charge in [0, 0.05) is 43.5 Å². The van der Waals surface area contributed by atoms with Crippen molar-refractivity contribution >= 4 is 23.4 Å². The Kier molecular flexibility index (Phi) is 33.8. The predicted molar refractivity (Wildman–Crippen MR) is 280 cm³/mol. The summed E-state index contributed by atoms with van der Waals surface area (Å²) in [5.74, 6) is -0.398. The first-order chi connectivity index (χ1) is 35.2. The molecule has 0 saturated carbocycles. The maximum absolute atomic E-state index is 13.2. The first-order valence-electron chi connectivity index (χ1n) is 26.8. The van der Waals surface area contributed by atoms with E-state index in [2.05, 4.69) is 57.3 Å². The topological polar surface area (TPSA) is 216 Å². The van der Waals surface area contributed by atoms with Gasteiger partial charge in [0.1, 0.15) is 12.1 Å². The number of hydrogen-bond donors (Lipinski definition) is 4. The third-order valence-electron chi connectivity index (χ3n) is 11.8. The molecule has 1 saturated heterocycles. The van der Waals surface area contributed by atoms with Gasteiger partial charge in [-0.2, -0.15) is 0 Å². The Morgan fingerprint density at radius 3 is 1.68 bits per heavy atom. The van der Waals surface area contributed by atoms with Crippen molar-refractivity contribution in [3.63, 3.8) is 0 Å². The molecule has 3 amide bonds. The second-order valence-electron chi connectivity index (χ2n) is 20.1. The monoisotopic (exact) mass is 1030 g/mol. The Morgan fingerprint density at radius 2 is 1.18 bits per heavy atom. The number of piperidine rings is 1. The molecular formula is C53H94N8O12. The van der Waals surface area contributed by atoms with Crippen LogP contribution >= 0.6 is 0 Å². The van der Waals surface area contributed by atoms with E-state index in [1.165, 1.54) is 0 Å². The van der Waals surface area contributed by atoms with E-state index in [4.69, 9.17) is 42.6 Å². The van der Waals surface area contributed by atoms with Crippen LogP contribution in [0.25, 0.3) is 0 Å². The molecule has 0 bridgehead atoms. The molecule has 0 radical (unpaired) electrons. The maximum Gasteiger partial charge on any atom is 0.246 e. The highest BCUT2D eigenvalue weighted by molar-refractivity contribution is 5.98. The highest BCUT2D eigenvalue weighted by Crippen LogP contribution is 2.23. The first-order valence-corrected chi connectivity index (χ1v) is 26.8. The standard InChI is InChI=1S/C53H94N8O12/c1-42(2)50(52(64)55-44(5)51(63)56-47-15-13-46(14-16-47)41-73-43(3)4)57-49(62)12-9-11-45-17-20-60(21-18-45)19-10-23-65-25-27-67-29-31-69-33-35-71-37-38-72-36-34-70-32-30-68-28-26-66-24-22-61-40-48(58-59-61)39-54-53(6,7)8/h13-16,40,42-45,50,54H,9-12,17-39,41H2,1-8H3,(H,55,64)(H,56,63)(H,57,62)/t44-,50-/m0/s1. The van der Waals surface area contributed by atoms with E-state index >= 15 is 0 Å². The molecule has 73 heavy (non-hydrogen) atoms. The van der Waals surface area contributed by atoms with Crippen LogP contribution < -0.4 is 21.3 Å². The molecule has 2 aromatic rings. The number of nitrogens with one attached hydrogen (secondary N) is 4. The number of hydrogen-bond acceptors (Lipinski definition) is 16. The molecule has 0 spiro atoms. The van der Waals surface area contributed by atoms with Crippen molar-refractivity contribution in [3.8, 4) is 0 Å². The predicted octanol–water partition coefficient (Wildman–Crippen LogP) is 4.78. The van der Waals surface area contributed by atoms with Crippen LogP contribution in [0.5, 0.6) is 0 Å². The van der Waals surface area contributed by atoms with Gasteiger partial charge in [0.05, 0.1) is 124 Å². The number of benzene rings is 1. The number of anilines is 1. The molecule has 1 aliphatic rings. The van der Waals surface area contributed by atoms with Crippen molar-refractivity contribution in [3.05, 3.63) is 41.7 Å². The van der Waals surface area contributed by atoms with Crippen molar-refractivity contribution < 1.29 is 57.0 Å². The minimum atomic E-state index is -0.781. The zero-order valence-electron chi connectivity index (χ0n) is 45.8. The number of aromatic nitrogens is 3.